The number of fused-ring (bicyclic) bond motifs is 3. The van der Waals surface area contributed by atoms with E-state index in [-0.39, 0.29) is 6.02 Å². The Bertz CT molecular complexity index is 2060. The third-order valence-electron chi connectivity index (χ3n) is 7.15. The summed E-state index contributed by atoms with van der Waals surface area (Å²) in [5.41, 5.74) is 7.32. The van der Waals surface area contributed by atoms with E-state index in [9.17, 15) is 0 Å². The van der Waals surface area contributed by atoms with Crippen LogP contribution >= 0.6 is 0 Å². The Morgan fingerprint density at radius 2 is 1.45 bits per heavy atom. The summed E-state index contributed by atoms with van der Waals surface area (Å²) in [5.74, 6) is 1.52. The minimum Gasteiger partial charge on any atom is -0.398 e. The van der Waals surface area contributed by atoms with Gasteiger partial charge in [0.1, 0.15) is 5.69 Å². The van der Waals surface area contributed by atoms with Crippen LogP contribution in [0.5, 0.6) is 5.75 Å². The van der Waals surface area contributed by atoms with Crippen molar-refractivity contribution in [3.8, 4) is 34.1 Å². The average molecular weight is 491 g/mol. The second-order valence-corrected chi connectivity index (χ2v) is 9.32. The number of para-hydroxylation sites is 1. The number of hydrogen-bond donors (Lipinski definition) is 1. The van der Waals surface area contributed by atoms with E-state index in [0.29, 0.717) is 5.75 Å². The van der Waals surface area contributed by atoms with Crippen LogP contribution in [0, 0.1) is 5.41 Å². The summed E-state index contributed by atoms with van der Waals surface area (Å²) in [5, 5.41) is 10.9. The van der Waals surface area contributed by atoms with Crippen LogP contribution in [0.2, 0.25) is 0 Å². The molecule has 38 heavy (non-hydrogen) atoms. The quantitative estimate of drug-likeness (QED) is 0.226. The molecular weight excluding hydrogens is 470 g/mol. The fraction of sp³-hybridized carbons (Fsp3) is 0. The van der Waals surface area contributed by atoms with Crippen molar-refractivity contribution >= 4 is 38.9 Å². The monoisotopic (exact) mass is 490 g/mol. The van der Waals surface area contributed by atoms with Gasteiger partial charge in [-0.3, -0.25) is 4.98 Å². The predicted molar refractivity (Wildman–Crippen MR) is 149 cm³/mol. The molecule has 8 rings (SSSR count). The molecule has 0 amide bonds. The second-order valence-electron chi connectivity index (χ2n) is 9.32. The van der Waals surface area contributed by atoms with Gasteiger partial charge >= 0.3 is 6.02 Å². The van der Waals surface area contributed by atoms with Crippen LogP contribution in [0.1, 0.15) is 0 Å². The van der Waals surface area contributed by atoms with Gasteiger partial charge in [-0.25, -0.2) is 9.55 Å². The molecule has 0 fully saturated rings. The van der Waals surface area contributed by atoms with Gasteiger partial charge in [-0.2, -0.15) is 4.57 Å². The summed E-state index contributed by atoms with van der Waals surface area (Å²) in [4.78, 5) is 9.80. The molecule has 4 aromatic carbocycles. The van der Waals surface area contributed by atoms with E-state index in [1.807, 2.05) is 65.4 Å². The first kappa shape index (κ1) is 20.8. The van der Waals surface area contributed by atoms with Gasteiger partial charge < -0.3 is 4.74 Å². The van der Waals surface area contributed by atoms with E-state index in [1.165, 1.54) is 0 Å². The van der Waals surface area contributed by atoms with Gasteiger partial charge in [-0.15, -0.1) is 5.41 Å². The van der Waals surface area contributed by atoms with E-state index in [2.05, 4.69) is 64.1 Å². The molecule has 6 heteroatoms. The Morgan fingerprint density at radius 1 is 0.711 bits per heavy atom. The lowest BCUT2D eigenvalue weighted by atomic mass is 10.1. The number of pyridine rings is 2. The lowest BCUT2D eigenvalue weighted by Gasteiger charge is -2.11. The molecule has 0 atom stereocenters. The smallest absolute Gasteiger partial charge is 0.398 e. The summed E-state index contributed by atoms with van der Waals surface area (Å²) in [6, 6.07) is 36.8. The maximum Gasteiger partial charge on any atom is 0.437 e. The molecule has 6 nitrogen and oxygen atoms in total. The van der Waals surface area contributed by atoms with Gasteiger partial charge in [-0.1, -0.05) is 60.7 Å². The van der Waals surface area contributed by atoms with Crippen molar-refractivity contribution in [2.75, 3.05) is 0 Å². The highest BCUT2D eigenvalue weighted by atomic mass is 16.5. The highest BCUT2D eigenvalue weighted by Crippen LogP contribution is 2.40. The number of hydrogen-bond acceptors (Lipinski definition) is 4. The molecule has 0 bridgehead atoms. The van der Waals surface area contributed by atoms with Crippen LogP contribution in [0.3, 0.4) is 0 Å². The number of aromatic nitrogens is 4. The third-order valence-corrected chi connectivity index (χ3v) is 7.15. The molecular formula is C32H20N5O+. The molecule has 0 saturated heterocycles. The van der Waals surface area contributed by atoms with E-state index in [4.69, 9.17) is 15.1 Å². The van der Waals surface area contributed by atoms with Crippen molar-refractivity contribution < 1.29 is 9.30 Å². The zero-order valence-electron chi connectivity index (χ0n) is 20.2. The van der Waals surface area contributed by atoms with Gasteiger partial charge in [-0.05, 0) is 48.5 Å². The Kier molecular flexibility index (Phi) is 4.28. The van der Waals surface area contributed by atoms with Crippen molar-refractivity contribution in [1.29, 1.82) is 5.41 Å². The van der Waals surface area contributed by atoms with Crippen LogP contribution in [0.25, 0.3) is 61.2 Å². The fourth-order valence-corrected chi connectivity index (χ4v) is 5.50. The van der Waals surface area contributed by atoms with Crippen molar-refractivity contribution in [3.05, 3.63) is 115 Å². The molecule has 1 aliphatic heterocycles. The number of rotatable bonds is 3. The third kappa shape index (κ3) is 2.88. The molecule has 1 N–H and O–H groups in total. The SMILES string of the molecule is N=C1Oc2ccc(-c3ccc4ccc5cccnc5c4n3)c3c2[n+]1c(-c1ccccc1)n3-c1ccccc1. The first-order valence-corrected chi connectivity index (χ1v) is 12.4. The standard InChI is InChI=1S/C32H20N5O/c33-32-37-30-26(38-32)18-16-24(25-17-15-21-14-13-20-10-7-19-34-27(20)28(21)35-25)29(30)36(23-11-5-2-6-12-23)31(37)22-8-3-1-4-9-22/h1-19,33H/q+1. The van der Waals surface area contributed by atoms with Crippen molar-refractivity contribution in [3.63, 3.8) is 0 Å². The topological polar surface area (TPSA) is 67.7 Å². The summed E-state index contributed by atoms with van der Waals surface area (Å²) < 4.78 is 10.1. The first-order chi connectivity index (χ1) is 18.8. The lowest BCUT2D eigenvalue weighted by Crippen LogP contribution is -2.43. The first-order valence-electron chi connectivity index (χ1n) is 12.4. The zero-order valence-corrected chi connectivity index (χ0v) is 20.2. The van der Waals surface area contributed by atoms with Gasteiger partial charge in [0, 0.05) is 28.1 Å². The average Bonchev–Trinajstić information content (AvgIpc) is 3.51. The minimum atomic E-state index is 0.0809. The highest BCUT2D eigenvalue weighted by Gasteiger charge is 2.38. The van der Waals surface area contributed by atoms with E-state index in [0.717, 1.165) is 61.2 Å². The molecule has 7 aromatic rings. The molecule has 0 spiro atoms. The lowest BCUT2D eigenvalue weighted by molar-refractivity contribution is -0.520. The Labute approximate surface area is 217 Å². The Morgan fingerprint density at radius 3 is 2.26 bits per heavy atom. The largest absolute Gasteiger partial charge is 0.437 e. The molecule has 4 heterocycles. The van der Waals surface area contributed by atoms with Gasteiger partial charge in [0.15, 0.2) is 16.8 Å². The molecule has 0 saturated carbocycles. The molecule has 178 valence electrons. The molecule has 0 radical (unpaired) electrons. The molecule has 3 aromatic heterocycles. The van der Waals surface area contributed by atoms with Crippen LogP contribution in [0.4, 0.5) is 0 Å². The van der Waals surface area contributed by atoms with Crippen molar-refractivity contribution in [2.24, 2.45) is 0 Å². The molecule has 0 unspecified atom stereocenters. The van der Waals surface area contributed by atoms with E-state index >= 15 is 0 Å². The van der Waals surface area contributed by atoms with Crippen molar-refractivity contribution in [1.82, 2.24) is 14.5 Å². The van der Waals surface area contributed by atoms with Crippen LogP contribution in [-0.4, -0.2) is 20.6 Å². The number of benzene rings is 4. The second kappa shape index (κ2) is 7.82. The highest BCUT2D eigenvalue weighted by molar-refractivity contribution is 6.05. The minimum absolute atomic E-state index is 0.0809. The number of imidazole rings is 1. The summed E-state index contributed by atoms with van der Waals surface area (Å²) in [7, 11) is 0. The predicted octanol–water partition coefficient (Wildman–Crippen LogP) is 6.52. The van der Waals surface area contributed by atoms with Crippen LogP contribution in [0.15, 0.2) is 115 Å². The molecule has 1 aliphatic rings. The number of nitrogens with one attached hydrogen (secondary N) is 1. The van der Waals surface area contributed by atoms with Gasteiger partial charge in [0.25, 0.3) is 0 Å². The van der Waals surface area contributed by atoms with Crippen LogP contribution < -0.4 is 9.30 Å². The van der Waals surface area contributed by atoms with E-state index in [1.54, 1.807) is 0 Å². The fourth-order valence-electron chi connectivity index (χ4n) is 5.50. The summed E-state index contributed by atoms with van der Waals surface area (Å²) in [6.07, 6.45) is 1.81. The Hall–Kier alpha value is -5.36. The van der Waals surface area contributed by atoms with Gasteiger partial charge in [0.05, 0.1) is 16.7 Å². The maximum atomic E-state index is 8.76. The normalized spacial score (nSPS) is 12.5. The summed E-state index contributed by atoms with van der Waals surface area (Å²) >= 11 is 0. The zero-order chi connectivity index (χ0) is 25.2. The number of ether oxygens (including phenoxy) is 1. The Balaban J connectivity index is 1.52. The molecule has 0 aliphatic carbocycles. The van der Waals surface area contributed by atoms with E-state index < -0.39 is 0 Å². The summed E-state index contributed by atoms with van der Waals surface area (Å²) in [6.45, 7) is 0. The van der Waals surface area contributed by atoms with Crippen molar-refractivity contribution in [2.45, 2.75) is 0 Å². The van der Waals surface area contributed by atoms with Gasteiger partial charge in [0.2, 0.25) is 5.82 Å². The van der Waals surface area contributed by atoms with Crippen LogP contribution in [-0.2, 0) is 0 Å². The number of nitrogens with zero attached hydrogens (tertiary/aromatic N) is 4. The maximum absolute atomic E-state index is 8.76.